The Morgan fingerprint density at radius 1 is 0.941 bits per heavy atom. The van der Waals surface area contributed by atoms with Crippen LogP contribution in [0.4, 0.5) is 0 Å². The van der Waals surface area contributed by atoms with Crippen molar-refractivity contribution in [3.05, 3.63) is 60.2 Å². The lowest BCUT2D eigenvalue weighted by molar-refractivity contribution is 0.475. The molecule has 0 aliphatic heterocycles. The smallest absolute Gasteiger partial charge is 0.182 e. The summed E-state index contributed by atoms with van der Waals surface area (Å²) in [5.41, 5.74) is 0.578. The van der Waals surface area contributed by atoms with Gasteiger partial charge in [-0.3, -0.25) is 0 Å². The third kappa shape index (κ3) is 2.85. The Bertz CT molecular complexity index is 604. The Hall–Kier alpha value is -1.81. The van der Waals surface area contributed by atoms with Crippen molar-refractivity contribution in [3.8, 4) is 5.75 Å². The van der Waals surface area contributed by atoms with E-state index in [9.17, 15) is 13.5 Å². The zero-order chi connectivity index (χ0) is 12.3. The van der Waals surface area contributed by atoms with E-state index in [1.807, 2.05) is 0 Å². The van der Waals surface area contributed by atoms with E-state index < -0.39 is 9.84 Å². The maximum Gasteiger partial charge on any atom is 0.182 e. The average Bonchev–Trinajstić information content (AvgIpc) is 2.29. The highest BCUT2D eigenvalue weighted by Crippen LogP contribution is 2.18. The lowest BCUT2D eigenvalue weighted by Crippen LogP contribution is -2.04. The van der Waals surface area contributed by atoms with E-state index in [0.29, 0.717) is 10.5 Å². The lowest BCUT2D eigenvalue weighted by atomic mass is 10.2. The quantitative estimate of drug-likeness (QED) is 0.907. The van der Waals surface area contributed by atoms with E-state index in [0.717, 1.165) is 0 Å². The first-order valence-corrected chi connectivity index (χ1v) is 6.79. The van der Waals surface area contributed by atoms with Crippen molar-refractivity contribution in [2.45, 2.75) is 10.6 Å². The Morgan fingerprint density at radius 3 is 2.29 bits per heavy atom. The van der Waals surface area contributed by atoms with Crippen molar-refractivity contribution >= 4 is 9.84 Å². The standard InChI is InChI=1S/C13H12O3S/c14-12-6-4-5-11(9-12)10-17(15,16)13-7-2-1-3-8-13/h1-9,14H,10H2. The Morgan fingerprint density at radius 2 is 1.65 bits per heavy atom. The summed E-state index contributed by atoms with van der Waals surface area (Å²) in [5.74, 6) is -0.0310. The molecule has 0 aliphatic rings. The monoisotopic (exact) mass is 248 g/mol. The van der Waals surface area contributed by atoms with Gasteiger partial charge in [-0.2, -0.15) is 0 Å². The molecule has 0 saturated heterocycles. The van der Waals surface area contributed by atoms with E-state index in [2.05, 4.69) is 0 Å². The minimum Gasteiger partial charge on any atom is -0.508 e. The van der Waals surface area contributed by atoms with Crippen LogP contribution in [-0.2, 0) is 15.6 Å². The lowest BCUT2D eigenvalue weighted by Gasteiger charge is -2.04. The Labute approximate surface area is 100 Å². The summed E-state index contributed by atoms with van der Waals surface area (Å²) in [7, 11) is -3.34. The molecule has 4 heteroatoms. The van der Waals surface area contributed by atoms with Crippen LogP contribution in [0.5, 0.6) is 5.75 Å². The predicted molar refractivity (Wildman–Crippen MR) is 65.4 cm³/mol. The first-order valence-electron chi connectivity index (χ1n) is 5.14. The molecule has 0 unspecified atom stereocenters. The highest BCUT2D eigenvalue weighted by atomic mass is 32.2. The molecule has 0 atom stereocenters. The summed E-state index contributed by atoms with van der Waals surface area (Å²) >= 11 is 0. The van der Waals surface area contributed by atoms with Gasteiger partial charge in [-0.1, -0.05) is 30.3 Å². The second kappa shape index (κ2) is 4.59. The first kappa shape index (κ1) is 11.7. The maximum atomic E-state index is 12.0. The van der Waals surface area contributed by atoms with Gasteiger partial charge < -0.3 is 5.11 Å². The van der Waals surface area contributed by atoms with Crippen molar-refractivity contribution in [2.24, 2.45) is 0 Å². The van der Waals surface area contributed by atoms with Crippen LogP contribution in [0.2, 0.25) is 0 Å². The number of phenolic OH excluding ortho intramolecular Hbond substituents is 1. The number of benzene rings is 2. The van der Waals surface area contributed by atoms with E-state index in [1.165, 1.54) is 12.1 Å². The fourth-order valence-electron chi connectivity index (χ4n) is 1.58. The zero-order valence-corrected chi connectivity index (χ0v) is 9.89. The van der Waals surface area contributed by atoms with Crippen LogP contribution in [0.3, 0.4) is 0 Å². The molecular formula is C13H12O3S. The van der Waals surface area contributed by atoms with Crippen molar-refractivity contribution < 1.29 is 13.5 Å². The van der Waals surface area contributed by atoms with Gasteiger partial charge in [0.2, 0.25) is 0 Å². The van der Waals surface area contributed by atoms with Crippen LogP contribution in [-0.4, -0.2) is 13.5 Å². The number of hydrogen-bond acceptors (Lipinski definition) is 3. The summed E-state index contributed by atoms with van der Waals surface area (Å²) in [6, 6.07) is 14.6. The maximum absolute atomic E-state index is 12.0. The van der Waals surface area contributed by atoms with Gasteiger partial charge in [0.05, 0.1) is 10.6 Å². The molecule has 3 nitrogen and oxygen atoms in total. The molecule has 0 aliphatic carbocycles. The van der Waals surface area contributed by atoms with E-state index in [1.54, 1.807) is 42.5 Å². The summed E-state index contributed by atoms with van der Waals surface area (Å²) in [6.45, 7) is 0. The average molecular weight is 248 g/mol. The highest BCUT2D eigenvalue weighted by Gasteiger charge is 2.14. The van der Waals surface area contributed by atoms with Crippen LogP contribution in [0.25, 0.3) is 0 Å². The Balaban J connectivity index is 2.30. The number of aromatic hydroxyl groups is 1. The predicted octanol–water partition coefficient (Wildman–Crippen LogP) is 2.37. The molecule has 17 heavy (non-hydrogen) atoms. The Kier molecular flexibility index (Phi) is 3.15. The van der Waals surface area contributed by atoms with E-state index in [4.69, 9.17) is 0 Å². The largest absolute Gasteiger partial charge is 0.508 e. The van der Waals surface area contributed by atoms with Gasteiger partial charge in [0.1, 0.15) is 5.75 Å². The summed E-state index contributed by atoms with van der Waals surface area (Å²) < 4.78 is 24.1. The van der Waals surface area contributed by atoms with E-state index in [-0.39, 0.29) is 11.5 Å². The fraction of sp³-hybridized carbons (Fsp3) is 0.0769. The second-order valence-electron chi connectivity index (χ2n) is 3.74. The molecule has 0 fully saturated rings. The topological polar surface area (TPSA) is 54.4 Å². The summed E-state index contributed by atoms with van der Waals surface area (Å²) in [6.07, 6.45) is 0. The van der Waals surface area contributed by atoms with Gasteiger partial charge in [0.15, 0.2) is 9.84 Å². The van der Waals surface area contributed by atoms with E-state index >= 15 is 0 Å². The van der Waals surface area contributed by atoms with Gasteiger partial charge in [-0.05, 0) is 29.8 Å². The number of hydrogen-bond donors (Lipinski definition) is 1. The molecule has 88 valence electrons. The second-order valence-corrected chi connectivity index (χ2v) is 5.73. The molecule has 0 heterocycles. The summed E-state index contributed by atoms with van der Waals surface area (Å²) in [5, 5.41) is 9.29. The molecule has 0 aromatic heterocycles. The van der Waals surface area contributed by atoms with Gasteiger partial charge in [-0.15, -0.1) is 0 Å². The van der Waals surface area contributed by atoms with Gasteiger partial charge in [0.25, 0.3) is 0 Å². The van der Waals surface area contributed by atoms with Crippen molar-refractivity contribution in [3.63, 3.8) is 0 Å². The van der Waals surface area contributed by atoms with Crippen LogP contribution in [0.1, 0.15) is 5.56 Å². The van der Waals surface area contributed by atoms with Crippen LogP contribution in [0, 0.1) is 0 Å². The number of phenols is 1. The molecule has 2 aromatic rings. The molecule has 2 aromatic carbocycles. The fourth-order valence-corrected chi connectivity index (χ4v) is 2.93. The molecule has 0 saturated carbocycles. The minimum absolute atomic E-state index is 0.0748. The van der Waals surface area contributed by atoms with Crippen molar-refractivity contribution in [1.82, 2.24) is 0 Å². The molecule has 2 rings (SSSR count). The van der Waals surface area contributed by atoms with Crippen molar-refractivity contribution in [1.29, 1.82) is 0 Å². The molecule has 1 N–H and O–H groups in total. The van der Waals surface area contributed by atoms with Gasteiger partial charge in [-0.25, -0.2) is 8.42 Å². The number of sulfone groups is 1. The van der Waals surface area contributed by atoms with Gasteiger partial charge >= 0.3 is 0 Å². The third-order valence-corrected chi connectivity index (χ3v) is 4.07. The van der Waals surface area contributed by atoms with Gasteiger partial charge in [0, 0.05) is 0 Å². The molecular weight excluding hydrogens is 236 g/mol. The molecule has 0 radical (unpaired) electrons. The minimum atomic E-state index is -3.34. The number of rotatable bonds is 3. The summed E-state index contributed by atoms with van der Waals surface area (Å²) in [4.78, 5) is 0.295. The van der Waals surface area contributed by atoms with Crippen LogP contribution < -0.4 is 0 Å². The SMILES string of the molecule is O=S(=O)(Cc1cccc(O)c1)c1ccccc1. The zero-order valence-electron chi connectivity index (χ0n) is 9.08. The molecule has 0 spiro atoms. The first-order chi connectivity index (χ1) is 8.08. The molecule has 0 amide bonds. The highest BCUT2D eigenvalue weighted by molar-refractivity contribution is 7.90. The van der Waals surface area contributed by atoms with Crippen molar-refractivity contribution in [2.75, 3.05) is 0 Å². The van der Waals surface area contributed by atoms with Crippen LogP contribution in [0.15, 0.2) is 59.5 Å². The third-order valence-electron chi connectivity index (χ3n) is 2.37. The van der Waals surface area contributed by atoms with Crippen LogP contribution >= 0.6 is 0 Å². The normalized spacial score (nSPS) is 11.3. The molecule has 0 bridgehead atoms.